The third kappa shape index (κ3) is 4.98. The molecule has 3 nitrogen and oxygen atoms in total. The lowest BCUT2D eigenvalue weighted by molar-refractivity contribution is 0.0705. The average Bonchev–Trinajstić information content (AvgIpc) is 2.38. The lowest BCUT2D eigenvalue weighted by Crippen LogP contribution is -2.10. The van der Waals surface area contributed by atoms with Crippen LogP contribution in [0.15, 0.2) is 24.3 Å². The quantitative estimate of drug-likeness (QED) is 0.525. The van der Waals surface area contributed by atoms with E-state index in [1.54, 1.807) is 7.11 Å². The largest absolute Gasteiger partial charge is 0.385 e. The van der Waals surface area contributed by atoms with Gasteiger partial charge in [-0.15, -0.1) is 0 Å². The molecule has 0 aliphatic heterocycles. The van der Waals surface area contributed by atoms with Crippen molar-refractivity contribution in [2.75, 3.05) is 26.9 Å². The first-order valence-corrected chi connectivity index (χ1v) is 6.35. The minimum absolute atomic E-state index is 0.0303. The predicted molar refractivity (Wildman–Crippen MR) is 72.2 cm³/mol. The molecule has 0 unspecified atom stereocenters. The lowest BCUT2D eigenvalue weighted by atomic mass is 10.0. The molecule has 0 bridgehead atoms. The summed E-state index contributed by atoms with van der Waals surface area (Å²) in [5.74, 6) is 0.516. The van der Waals surface area contributed by atoms with Crippen molar-refractivity contribution in [2.24, 2.45) is 0 Å². The number of methoxy groups -OCH3 is 1. The Kier molecular flexibility index (Phi) is 6.61. The van der Waals surface area contributed by atoms with Crippen molar-refractivity contribution in [3.8, 4) is 0 Å². The fourth-order valence-corrected chi connectivity index (χ4v) is 1.61. The van der Waals surface area contributed by atoms with Gasteiger partial charge in [0, 0.05) is 25.9 Å². The Labute approximate surface area is 109 Å². The van der Waals surface area contributed by atoms with Crippen LogP contribution in [0.25, 0.3) is 0 Å². The molecule has 0 aliphatic carbocycles. The number of ether oxygens (including phenoxy) is 2. The van der Waals surface area contributed by atoms with E-state index in [1.807, 2.05) is 24.3 Å². The highest BCUT2D eigenvalue weighted by atomic mass is 16.5. The van der Waals surface area contributed by atoms with Crippen LogP contribution >= 0.6 is 0 Å². The Morgan fingerprint density at radius 1 is 1.17 bits per heavy atom. The summed E-state index contributed by atoms with van der Waals surface area (Å²) in [6.45, 7) is 5.64. The smallest absolute Gasteiger partial charge is 0.188 e. The molecule has 1 rings (SSSR count). The summed E-state index contributed by atoms with van der Waals surface area (Å²) in [5, 5.41) is 0. The van der Waals surface area contributed by atoms with E-state index in [0.717, 1.165) is 6.42 Å². The van der Waals surface area contributed by atoms with Crippen LogP contribution in [0.2, 0.25) is 0 Å². The third-order valence-electron chi connectivity index (χ3n) is 2.77. The van der Waals surface area contributed by atoms with Crippen LogP contribution in [0.1, 0.15) is 42.1 Å². The van der Waals surface area contributed by atoms with E-state index in [0.29, 0.717) is 24.7 Å². The number of carbonyl (C=O) groups is 1. The number of hydrogen-bond donors (Lipinski definition) is 0. The maximum absolute atomic E-state index is 11.8. The van der Waals surface area contributed by atoms with Crippen LogP contribution in [0.4, 0.5) is 0 Å². The van der Waals surface area contributed by atoms with E-state index in [9.17, 15) is 4.79 Å². The number of hydrogen-bond acceptors (Lipinski definition) is 3. The first kappa shape index (κ1) is 14.9. The fourth-order valence-electron chi connectivity index (χ4n) is 1.61. The second kappa shape index (κ2) is 8.01. The zero-order valence-electron chi connectivity index (χ0n) is 11.4. The maximum atomic E-state index is 11.8. The minimum atomic E-state index is 0.0303. The van der Waals surface area contributed by atoms with E-state index in [-0.39, 0.29) is 12.4 Å². The van der Waals surface area contributed by atoms with Crippen LogP contribution in [0.3, 0.4) is 0 Å². The summed E-state index contributed by atoms with van der Waals surface area (Å²) < 4.78 is 10.2. The summed E-state index contributed by atoms with van der Waals surface area (Å²) in [6.07, 6.45) is 0.816. The van der Waals surface area contributed by atoms with Crippen LogP contribution in [0, 0.1) is 0 Å². The Bertz CT molecular complexity index is 355. The van der Waals surface area contributed by atoms with Gasteiger partial charge in [0.25, 0.3) is 0 Å². The molecule has 0 atom stereocenters. The van der Waals surface area contributed by atoms with E-state index in [4.69, 9.17) is 9.47 Å². The molecule has 18 heavy (non-hydrogen) atoms. The summed E-state index contributed by atoms with van der Waals surface area (Å²) >= 11 is 0. The molecule has 0 aliphatic rings. The molecule has 0 saturated heterocycles. The average molecular weight is 250 g/mol. The second-order valence-corrected chi connectivity index (χ2v) is 4.60. The second-order valence-electron chi connectivity index (χ2n) is 4.60. The molecule has 0 aromatic heterocycles. The highest BCUT2D eigenvalue weighted by molar-refractivity contribution is 5.97. The van der Waals surface area contributed by atoms with Gasteiger partial charge in [-0.2, -0.15) is 0 Å². The lowest BCUT2D eigenvalue weighted by Gasteiger charge is -2.07. The van der Waals surface area contributed by atoms with Crippen LogP contribution < -0.4 is 0 Å². The normalized spacial score (nSPS) is 10.9. The van der Waals surface area contributed by atoms with E-state index >= 15 is 0 Å². The first-order valence-electron chi connectivity index (χ1n) is 6.35. The van der Waals surface area contributed by atoms with Gasteiger partial charge in [0.1, 0.15) is 6.61 Å². The van der Waals surface area contributed by atoms with E-state index in [1.165, 1.54) is 5.56 Å². The molecule has 0 saturated carbocycles. The highest BCUT2D eigenvalue weighted by Crippen LogP contribution is 2.14. The van der Waals surface area contributed by atoms with Gasteiger partial charge in [-0.1, -0.05) is 38.1 Å². The van der Waals surface area contributed by atoms with Gasteiger partial charge in [0.2, 0.25) is 0 Å². The van der Waals surface area contributed by atoms with Crippen LogP contribution in [0.5, 0.6) is 0 Å². The monoisotopic (exact) mass is 250 g/mol. The molecule has 1 aromatic carbocycles. The van der Waals surface area contributed by atoms with Crippen molar-refractivity contribution in [3.05, 3.63) is 35.4 Å². The molecular weight excluding hydrogens is 228 g/mol. The topological polar surface area (TPSA) is 35.5 Å². The Hall–Kier alpha value is -1.19. The summed E-state index contributed by atoms with van der Waals surface area (Å²) in [6, 6.07) is 7.75. The van der Waals surface area contributed by atoms with E-state index < -0.39 is 0 Å². The van der Waals surface area contributed by atoms with Crippen molar-refractivity contribution in [3.63, 3.8) is 0 Å². The molecule has 1 aromatic rings. The number of ketones is 1. The predicted octanol–water partition coefficient (Wildman–Crippen LogP) is 3.05. The summed E-state index contributed by atoms with van der Waals surface area (Å²) in [5.41, 5.74) is 1.96. The summed E-state index contributed by atoms with van der Waals surface area (Å²) in [7, 11) is 1.65. The first-order chi connectivity index (χ1) is 8.65. The fraction of sp³-hybridized carbons (Fsp3) is 0.533. The van der Waals surface area contributed by atoms with Gasteiger partial charge in [0.05, 0.1) is 0 Å². The molecule has 0 fully saturated rings. The molecule has 100 valence electrons. The Balaban J connectivity index is 2.37. The van der Waals surface area contributed by atoms with Gasteiger partial charge < -0.3 is 9.47 Å². The van der Waals surface area contributed by atoms with Crippen molar-refractivity contribution >= 4 is 5.78 Å². The van der Waals surface area contributed by atoms with Gasteiger partial charge in [-0.05, 0) is 17.9 Å². The molecular formula is C15H22O3. The molecule has 3 heteroatoms. The zero-order valence-corrected chi connectivity index (χ0v) is 11.4. The SMILES string of the molecule is COCCCOCC(=O)c1ccc(C(C)C)cc1. The molecule has 0 radical (unpaired) electrons. The van der Waals surface area contributed by atoms with E-state index in [2.05, 4.69) is 13.8 Å². The van der Waals surface area contributed by atoms with Crippen LogP contribution in [-0.4, -0.2) is 32.7 Å². The number of Topliss-reactive ketones (excluding diaryl/α,β-unsaturated/α-hetero) is 1. The van der Waals surface area contributed by atoms with Gasteiger partial charge in [-0.3, -0.25) is 4.79 Å². The summed E-state index contributed by atoms with van der Waals surface area (Å²) in [4.78, 5) is 11.8. The van der Waals surface area contributed by atoms with Gasteiger partial charge >= 0.3 is 0 Å². The number of carbonyl (C=O) groups excluding carboxylic acids is 1. The molecule has 0 spiro atoms. The van der Waals surface area contributed by atoms with Crippen molar-refractivity contribution < 1.29 is 14.3 Å². The van der Waals surface area contributed by atoms with Crippen LogP contribution in [-0.2, 0) is 9.47 Å². The number of benzene rings is 1. The van der Waals surface area contributed by atoms with Gasteiger partial charge in [-0.25, -0.2) is 0 Å². The number of rotatable bonds is 8. The van der Waals surface area contributed by atoms with Gasteiger partial charge in [0.15, 0.2) is 5.78 Å². The highest BCUT2D eigenvalue weighted by Gasteiger charge is 2.06. The molecule has 0 amide bonds. The van der Waals surface area contributed by atoms with Crippen molar-refractivity contribution in [1.29, 1.82) is 0 Å². The minimum Gasteiger partial charge on any atom is -0.385 e. The Morgan fingerprint density at radius 2 is 1.83 bits per heavy atom. The third-order valence-corrected chi connectivity index (χ3v) is 2.77. The zero-order chi connectivity index (χ0) is 13.4. The molecule has 0 heterocycles. The maximum Gasteiger partial charge on any atom is 0.188 e. The van der Waals surface area contributed by atoms with Crippen molar-refractivity contribution in [2.45, 2.75) is 26.2 Å². The van der Waals surface area contributed by atoms with Crippen molar-refractivity contribution in [1.82, 2.24) is 0 Å². The Morgan fingerprint density at radius 3 is 2.39 bits per heavy atom. The molecule has 0 N–H and O–H groups in total. The standard InChI is InChI=1S/C15H22O3/c1-12(2)13-5-7-14(8-6-13)15(16)11-18-10-4-9-17-3/h5-8,12H,4,9-11H2,1-3H3.